The standard InChI is InChI=1S/C23H20F3N5O5/c1-12-28-17-7-2-13(10-16(17)21(34)31(12)18-8-9-19(32)30-20(18)33)11-27-22(35)29-14-3-5-15(6-4-14)36-23(24,25)26/h2-7,10,18H,8-9,11H2,1H3,(H2,27,29,35)(H,30,32,33)/t18-/m0/s1/i18D. The molecule has 36 heavy (non-hydrogen) atoms. The van der Waals surface area contributed by atoms with E-state index in [0.717, 1.165) is 16.7 Å². The fraction of sp³-hybridized carbons (Fsp3) is 0.261. The molecule has 4 amide bonds. The summed E-state index contributed by atoms with van der Waals surface area (Å²) in [6, 6.07) is 6.54. The van der Waals surface area contributed by atoms with Crippen molar-refractivity contribution in [2.75, 3.05) is 5.32 Å². The largest absolute Gasteiger partial charge is 0.573 e. The second kappa shape index (κ2) is 9.68. The fourth-order valence-electron chi connectivity index (χ4n) is 3.69. The Morgan fingerprint density at radius 1 is 1.22 bits per heavy atom. The van der Waals surface area contributed by atoms with Crippen molar-refractivity contribution in [2.45, 2.75) is 38.7 Å². The molecule has 2 heterocycles. The number of carbonyl (C=O) groups excluding carboxylic acids is 3. The third-order valence-electron chi connectivity index (χ3n) is 5.27. The molecule has 4 rings (SSSR count). The van der Waals surface area contributed by atoms with Crippen LogP contribution >= 0.6 is 0 Å². The van der Waals surface area contributed by atoms with E-state index >= 15 is 0 Å². The number of aryl methyl sites for hydroxylation is 1. The number of alkyl halides is 3. The first-order valence-electron chi connectivity index (χ1n) is 11.1. The fourth-order valence-corrected chi connectivity index (χ4v) is 3.69. The number of carbonyl (C=O) groups is 3. The predicted octanol–water partition coefficient (Wildman–Crippen LogP) is 2.90. The first kappa shape index (κ1) is 23.3. The summed E-state index contributed by atoms with van der Waals surface area (Å²) >= 11 is 0. The highest BCUT2D eigenvalue weighted by molar-refractivity contribution is 5.99. The summed E-state index contributed by atoms with van der Waals surface area (Å²) in [5, 5.41) is 7.22. The normalized spacial score (nSPS) is 18.4. The monoisotopic (exact) mass is 504 g/mol. The number of nitrogens with one attached hydrogen (secondary N) is 3. The Morgan fingerprint density at radius 2 is 1.94 bits per heavy atom. The maximum absolute atomic E-state index is 13.3. The van der Waals surface area contributed by atoms with Crippen LogP contribution in [0, 0.1) is 6.92 Å². The summed E-state index contributed by atoms with van der Waals surface area (Å²) in [5.41, 5.74) is 0.407. The zero-order valence-corrected chi connectivity index (χ0v) is 18.7. The zero-order chi connectivity index (χ0) is 27.0. The summed E-state index contributed by atoms with van der Waals surface area (Å²) in [7, 11) is 0. The Hall–Kier alpha value is -4.42. The molecule has 188 valence electrons. The van der Waals surface area contributed by atoms with Crippen LogP contribution in [0.3, 0.4) is 0 Å². The average Bonchev–Trinajstić information content (AvgIpc) is 2.81. The van der Waals surface area contributed by atoms with Gasteiger partial charge >= 0.3 is 12.4 Å². The Kier molecular flexibility index (Phi) is 6.27. The van der Waals surface area contributed by atoms with Crippen molar-refractivity contribution in [1.29, 1.82) is 0 Å². The van der Waals surface area contributed by atoms with Gasteiger partial charge in [0.15, 0.2) is 0 Å². The quantitative estimate of drug-likeness (QED) is 0.458. The first-order chi connectivity index (χ1) is 17.4. The van der Waals surface area contributed by atoms with E-state index in [1.165, 1.54) is 25.1 Å². The average molecular weight is 504 g/mol. The molecule has 1 saturated heterocycles. The summed E-state index contributed by atoms with van der Waals surface area (Å²) < 4.78 is 50.1. The van der Waals surface area contributed by atoms with E-state index in [9.17, 15) is 32.3 Å². The zero-order valence-electron chi connectivity index (χ0n) is 19.7. The number of hydrogen-bond donors (Lipinski definition) is 3. The smallest absolute Gasteiger partial charge is 0.406 e. The highest BCUT2D eigenvalue weighted by Gasteiger charge is 2.31. The van der Waals surface area contributed by atoms with Crippen molar-refractivity contribution in [3.63, 3.8) is 0 Å². The van der Waals surface area contributed by atoms with Gasteiger partial charge in [0.2, 0.25) is 11.8 Å². The van der Waals surface area contributed by atoms with Crippen molar-refractivity contribution < 1.29 is 33.7 Å². The second-order valence-electron chi connectivity index (χ2n) is 7.85. The summed E-state index contributed by atoms with van der Waals surface area (Å²) in [6.07, 6.45) is -5.11. The van der Waals surface area contributed by atoms with Crippen LogP contribution in [0.1, 0.15) is 31.6 Å². The van der Waals surface area contributed by atoms with Crippen LogP contribution in [0.2, 0.25) is 0 Å². The lowest BCUT2D eigenvalue weighted by Crippen LogP contribution is -2.45. The number of amides is 4. The van der Waals surface area contributed by atoms with Gasteiger partial charge in [-0.3, -0.25) is 24.3 Å². The minimum atomic E-state index is -4.83. The highest BCUT2D eigenvalue weighted by atomic mass is 19.4. The van der Waals surface area contributed by atoms with Gasteiger partial charge in [-0.25, -0.2) is 9.78 Å². The lowest BCUT2D eigenvalue weighted by atomic mass is 10.0. The van der Waals surface area contributed by atoms with E-state index < -0.39 is 41.5 Å². The van der Waals surface area contributed by atoms with Gasteiger partial charge in [-0.05, 0) is 55.3 Å². The molecule has 10 nitrogen and oxygen atoms in total. The number of hydrogen-bond acceptors (Lipinski definition) is 6. The molecule has 0 saturated carbocycles. The Bertz CT molecular complexity index is 1460. The van der Waals surface area contributed by atoms with Gasteiger partial charge in [0.05, 0.1) is 12.3 Å². The van der Waals surface area contributed by atoms with E-state index in [1.807, 2.05) is 0 Å². The maximum Gasteiger partial charge on any atom is 0.573 e. The van der Waals surface area contributed by atoms with Crippen molar-refractivity contribution in [2.24, 2.45) is 0 Å². The van der Waals surface area contributed by atoms with Gasteiger partial charge < -0.3 is 15.4 Å². The molecule has 0 radical (unpaired) electrons. The summed E-state index contributed by atoms with van der Waals surface area (Å²) in [6.45, 7) is 1.47. The molecule has 0 aliphatic carbocycles. The number of halogens is 3. The van der Waals surface area contributed by atoms with Gasteiger partial charge in [0.1, 0.15) is 17.6 Å². The van der Waals surface area contributed by atoms with Crippen LogP contribution in [0.15, 0.2) is 47.3 Å². The lowest BCUT2D eigenvalue weighted by Gasteiger charge is -2.24. The number of fused-ring (bicyclic) bond motifs is 1. The number of benzene rings is 2. The number of nitrogens with zero attached hydrogens (tertiary/aromatic N) is 2. The predicted molar refractivity (Wildman–Crippen MR) is 121 cm³/mol. The van der Waals surface area contributed by atoms with E-state index in [-0.39, 0.29) is 36.3 Å². The molecule has 1 aliphatic heterocycles. The van der Waals surface area contributed by atoms with Crippen molar-refractivity contribution in [3.05, 3.63) is 64.2 Å². The van der Waals surface area contributed by atoms with Gasteiger partial charge in [0, 0.05) is 18.7 Å². The first-order valence-corrected chi connectivity index (χ1v) is 10.6. The molecule has 1 aliphatic rings. The Labute approximate surface area is 202 Å². The molecule has 3 aromatic rings. The van der Waals surface area contributed by atoms with E-state index in [0.29, 0.717) is 11.1 Å². The van der Waals surface area contributed by atoms with E-state index in [4.69, 9.17) is 1.37 Å². The second-order valence-corrected chi connectivity index (χ2v) is 7.85. The minimum Gasteiger partial charge on any atom is -0.406 e. The minimum absolute atomic E-state index is 0.0225. The molecular weight excluding hydrogens is 483 g/mol. The SMILES string of the molecule is [2H][C@]1(n2c(C)nc3ccc(CNC(=O)Nc4ccc(OC(F)(F)F)cc4)cc3c2=O)CCC(=O)NC1=O. The number of imide groups is 1. The van der Waals surface area contributed by atoms with Crippen LogP contribution in [-0.4, -0.2) is 33.8 Å². The molecular formula is C23H20F3N5O5. The number of ether oxygens (including phenoxy) is 1. The Morgan fingerprint density at radius 3 is 2.61 bits per heavy atom. The van der Waals surface area contributed by atoms with Gasteiger partial charge in [0.25, 0.3) is 5.56 Å². The summed E-state index contributed by atoms with van der Waals surface area (Å²) in [4.78, 5) is 53.8. The third kappa shape index (κ3) is 5.62. The highest BCUT2D eigenvalue weighted by Crippen LogP contribution is 2.24. The van der Waals surface area contributed by atoms with E-state index in [2.05, 4.69) is 25.7 Å². The van der Waals surface area contributed by atoms with Crippen LogP contribution in [0.5, 0.6) is 5.75 Å². The maximum atomic E-state index is 13.3. The molecule has 0 spiro atoms. The molecule has 0 bridgehead atoms. The number of urea groups is 1. The molecule has 0 unspecified atom stereocenters. The van der Waals surface area contributed by atoms with Crippen LogP contribution in [0.4, 0.5) is 23.7 Å². The van der Waals surface area contributed by atoms with Gasteiger partial charge in [-0.2, -0.15) is 0 Å². The molecule has 1 fully saturated rings. The van der Waals surface area contributed by atoms with Crippen molar-refractivity contribution in [3.8, 4) is 5.75 Å². The van der Waals surface area contributed by atoms with Gasteiger partial charge in [-0.15, -0.1) is 13.2 Å². The number of rotatable bonds is 5. The third-order valence-corrected chi connectivity index (χ3v) is 5.27. The number of aromatic nitrogens is 2. The van der Waals surface area contributed by atoms with Gasteiger partial charge in [-0.1, -0.05) is 6.07 Å². The molecule has 2 aromatic carbocycles. The molecule has 1 aromatic heterocycles. The van der Waals surface area contributed by atoms with Crippen LogP contribution < -0.4 is 26.2 Å². The topological polar surface area (TPSA) is 131 Å². The van der Waals surface area contributed by atoms with Crippen molar-refractivity contribution >= 4 is 34.4 Å². The number of piperidine rings is 1. The molecule has 13 heteroatoms. The van der Waals surface area contributed by atoms with Crippen LogP contribution in [0.25, 0.3) is 10.9 Å². The lowest BCUT2D eigenvalue weighted by molar-refractivity contribution is -0.274. The molecule has 3 N–H and O–H groups in total. The van der Waals surface area contributed by atoms with Crippen molar-refractivity contribution in [1.82, 2.24) is 20.2 Å². The number of anilines is 1. The van der Waals surface area contributed by atoms with E-state index in [1.54, 1.807) is 12.1 Å². The summed E-state index contributed by atoms with van der Waals surface area (Å²) in [5.74, 6) is -1.74. The van der Waals surface area contributed by atoms with Crippen LogP contribution in [-0.2, 0) is 16.1 Å². The molecule has 1 atom stereocenters. The Balaban J connectivity index is 1.49.